The predicted molar refractivity (Wildman–Crippen MR) is 67.1 cm³/mol. The van der Waals surface area contributed by atoms with Gasteiger partial charge in [-0.3, -0.25) is 4.89 Å². The molecule has 2 aromatic rings. The molecule has 0 aliphatic carbocycles. The number of benzene rings is 2. The minimum atomic E-state index is 0.744. The van der Waals surface area contributed by atoms with Gasteiger partial charge in [0.1, 0.15) is 11.6 Å². The summed E-state index contributed by atoms with van der Waals surface area (Å²) >= 11 is 0. The van der Waals surface area contributed by atoms with Gasteiger partial charge < -0.3 is 0 Å². The van der Waals surface area contributed by atoms with Crippen LogP contribution in [0.1, 0.15) is 0 Å². The summed E-state index contributed by atoms with van der Waals surface area (Å²) in [4.78, 5) is 9.57. The van der Waals surface area contributed by atoms with Crippen LogP contribution in [0.4, 0.5) is 0 Å². The van der Waals surface area contributed by atoms with Crippen LogP contribution in [-0.2, 0) is 9.88 Å². The minimum Gasteiger partial charge on any atom is -0.275 e. The highest BCUT2D eigenvalue weighted by Gasteiger charge is 1.92. The molecule has 0 radical (unpaired) electrons. The summed E-state index contributed by atoms with van der Waals surface area (Å²) in [7, 11) is 0. The predicted octanol–water partition coefficient (Wildman–Crippen LogP) is 1.76. The molecule has 0 spiro atoms. The lowest BCUT2D eigenvalue weighted by Crippen LogP contribution is -2.10. The maximum absolute atomic E-state index is 4.80. The lowest BCUT2D eigenvalue weighted by atomic mass is 10.1. The van der Waals surface area contributed by atoms with Crippen LogP contribution in [0.25, 0.3) is 6.08 Å². The SMILES string of the molecule is C1=COON=c2cccc/c2=c2\ccccc2=C1. The van der Waals surface area contributed by atoms with Crippen molar-refractivity contribution in [1.82, 2.24) is 0 Å². The Morgan fingerprint density at radius 2 is 1.61 bits per heavy atom. The Morgan fingerprint density at radius 3 is 2.56 bits per heavy atom. The van der Waals surface area contributed by atoms with Crippen LogP contribution < -0.4 is 10.6 Å². The van der Waals surface area contributed by atoms with Gasteiger partial charge in [0.15, 0.2) is 0 Å². The molecule has 0 N–H and O–H groups in total. The first-order valence-electron chi connectivity index (χ1n) is 5.67. The van der Waals surface area contributed by atoms with Crippen molar-refractivity contribution in [3.05, 3.63) is 81.9 Å². The standard InChI is InChI=1S/C15H11NO2/c1-2-8-13-12(6-1)7-5-11-17-18-16-15-10-4-3-9-14(13)15/h1-11H/b11-5?,12-7?,14-13-,16-15?. The summed E-state index contributed by atoms with van der Waals surface area (Å²) in [5, 5.41) is 7.95. The molecule has 3 rings (SSSR count). The number of nitrogens with zero attached hydrogens (tertiary/aromatic N) is 1. The first kappa shape index (κ1) is 10.6. The van der Waals surface area contributed by atoms with Crippen molar-refractivity contribution in [3.8, 4) is 0 Å². The topological polar surface area (TPSA) is 30.8 Å². The van der Waals surface area contributed by atoms with Crippen molar-refractivity contribution in [1.29, 1.82) is 0 Å². The van der Waals surface area contributed by atoms with Crippen LogP contribution in [-0.4, -0.2) is 0 Å². The second kappa shape index (κ2) is 4.75. The molecule has 1 heterocycles. The third kappa shape index (κ3) is 1.98. The molecule has 0 atom stereocenters. The molecule has 0 fully saturated rings. The molecular weight excluding hydrogens is 226 g/mol. The lowest BCUT2D eigenvalue weighted by molar-refractivity contribution is -0.253. The highest BCUT2D eigenvalue weighted by molar-refractivity contribution is 5.37. The summed E-state index contributed by atoms with van der Waals surface area (Å²) < 4.78 is 0. The average molecular weight is 237 g/mol. The Bertz CT molecular complexity index is 794. The van der Waals surface area contributed by atoms with Crippen molar-refractivity contribution in [3.63, 3.8) is 0 Å². The van der Waals surface area contributed by atoms with Gasteiger partial charge in [-0.1, -0.05) is 48.5 Å². The largest absolute Gasteiger partial charge is 0.275 e. The number of rotatable bonds is 0. The third-order valence-electron chi connectivity index (χ3n) is 2.74. The third-order valence-corrected chi connectivity index (χ3v) is 2.74. The molecule has 0 bridgehead atoms. The molecule has 3 heteroatoms. The zero-order chi connectivity index (χ0) is 12.2. The fourth-order valence-corrected chi connectivity index (χ4v) is 1.93. The monoisotopic (exact) mass is 237 g/mol. The Labute approximate surface area is 104 Å². The van der Waals surface area contributed by atoms with Gasteiger partial charge in [-0.25, -0.2) is 0 Å². The fourth-order valence-electron chi connectivity index (χ4n) is 1.93. The number of hydrogen-bond donors (Lipinski definition) is 0. The van der Waals surface area contributed by atoms with E-state index in [2.05, 4.69) is 17.3 Å². The molecule has 0 unspecified atom stereocenters. The van der Waals surface area contributed by atoms with Gasteiger partial charge >= 0.3 is 0 Å². The molecule has 3 nitrogen and oxygen atoms in total. The van der Waals surface area contributed by atoms with E-state index in [1.54, 1.807) is 6.08 Å². The van der Waals surface area contributed by atoms with Gasteiger partial charge in [-0.05, 0) is 27.7 Å². The van der Waals surface area contributed by atoms with Crippen molar-refractivity contribution >= 4 is 6.08 Å². The van der Waals surface area contributed by atoms with Gasteiger partial charge in [0.25, 0.3) is 0 Å². The second-order valence-corrected chi connectivity index (χ2v) is 3.86. The molecule has 0 amide bonds. The van der Waals surface area contributed by atoms with E-state index in [9.17, 15) is 0 Å². The summed E-state index contributed by atoms with van der Waals surface area (Å²) in [5.41, 5.74) is 0. The molecule has 0 aromatic heterocycles. The first-order valence-corrected chi connectivity index (χ1v) is 5.67. The van der Waals surface area contributed by atoms with E-state index in [1.807, 2.05) is 42.5 Å². The summed E-state index contributed by atoms with van der Waals surface area (Å²) in [6.07, 6.45) is 5.21. The highest BCUT2D eigenvalue weighted by Crippen LogP contribution is 1.92. The van der Waals surface area contributed by atoms with Crippen LogP contribution in [0.2, 0.25) is 0 Å². The maximum atomic E-state index is 4.80. The smallest absolute Gasteiger partial charge is 0.145 e. The van der Waals surface area contributed by atoms with E-state index >= 15 is 0 Å². The van der Waals surface area contributed by atoms with E-state index in [0.717, 1.165) is 21.0 Å². The summed E-state index contributed by atoms with van der Waals surface area (Å²) in [6, 6.07) is 15.9. The van der Waals surface area contributed by atoms with E-state index in [0.29, 0.717) is 0 Å². The van der Waals surface area contributed by atoms with Crippen molar-refractivity contribution < 1.29 is 9.88 Å². The molecule has 1 aliphatic heterocycles. The van der Waals surface area contributed by atoms with E-state index in [4.69, 9.17) is 9.88 Å². The molecular formula is C15H11NO2. The van der Waals surface area contributed by atoms with Gasteiger partial charge in [-0.15, -0.1) is 0 Å². The average Bonchev–Trinajstić information content (AvgIpc) is 2.44. The van der Waals surface area contributed by atoms with Gasteiger partial charge in [0.2, 0.25) is 0 Å². The van der Waals surface area contributed by atoms with Gasteiger partial charge in [-0.2, -0.15) is 4.99 Å². The van der Waals surface area contributed by atoms with Crippen molar-refractivity contribution in [2.45, 2.75) is 0 Å². The Morgan fingerprint density at radius 1 is 0.833 bits per heavy atom. The number of allylic oxidation sites excluding steroid dienone is 1. The summed E-state index contributed by atoms with van der Waals surface area (Å²) in [5.74, 6) is 0. The molecule has 88 valence electrons. The molecule has 0 saturated heterocycles. The van der Waals surface area contributed by atoms with E-state index in [-0.39, 0.29) is 0 Å². The van der Waals surface area contributed by atoms with Crippen LogP contribution >= 0.6 is 0 Å². The van der Waals surface area contributed by atoms with Crippen LogP contribution in [0.5, 0.6) is 0 Å². The molecule has 0 saturated carbocycles. The maximum Gasteiger partial charge on any atom is 0.145 e. The van der Waals surface area contributed by atoms with Gasteiger partial charge in [0, 0.05) is 5.22 Å². The quantitative estimate of drug-likeness (QED) is 0.654. The first-order chi connectivity index (χ1) is 8.95. The number of fused-ring (bicyclic) bond motifs is 2. The molecule has 1 aliphatic rings. The lowest BCUT2D eigenvalue weighted by Gasteiger charge is -1.96. The van der Waals surface area contributed by atoms with Crippen molar-refractivity contribution in [2.24, 2.45) is 5.16 Å². The van der Waals surface area contributed by atoms with Crippen LogP contribution in [0.15, 0.2) is 66.0 Å². The fraction of sp³-hybridized carbons (Fsp3) is 0. The van der Waals surface area contributed by atoms with Crippen LogP contribution in [0.3, 0.4) is 0 Å². The van der Waals surface area contributed by atoms with Crippen molar-refractivity contribution in [2.75, 3.05) is 0 Å². The van der Waals surface area contributed by atoms with E-state index < -0.39 is 0 Å². The molecule has 18 heavy (non-hydrogen) atoms. The highest BCUT2D eigenvalue weighted by atomic mass is 17.3. The molecule has 2 aromatic carbocycles. The Balaban J connectivity index is 2.60. The zero-order valence-electron chi connectivity index (χ0n) is 9.61. The Hall–Kier alpha value is -2.55. The normalized spacial score (nSPS) is 14.9. The minimum absolute atomic E-state index is 0.744. The van der Waals surface area contributed by atoms with Gasteiger partial charge in [0.05, 0.1) is 0 Å². The second-order valence-electron chi connectivity index (χ2n) is 3.86. The number of hydrogen-bond acceptors (Lipinski definition) is 3. The Kier molecular flexibility index (Phi) is 2.80. The van der Waals surface area contributed by atoms with E-state index in [1.165, 1.54) is 6.26 Å². The summed E-state index contributed by atoms with van der Waals surface area (Å²) in [6.45, 7) is 0. The zero-order valence-corrected chi connectivity index (χ0v) is 9.61. The van der Waals surface area contributed by atoms with Crippen LogP contribution in [0, 0.1) is 10.4 Å².